The molecule has 1 unspecified atom stereocenters. The van der Waals surface area contributed by atoms with Gasteiger partial charge in [-0.3, -0.25) is 0 Å². The number of hydrogen-bond acceptors (Lipinski definition) is 5. The molecule has 0 aliphatic heterocycles. The van der Waals surface area contributed by atoms with Gasteiger partial charge in [0.1, 0.15) is 6.04 Å². The van der Waals surface area contributed by atoms with Crippen molar-refractivity contribution in [1.82, 2.24) is 5.32 Å². The standard InChI is InChI=1S/C16H31NO4S/c1-15(2,3)10-20-13(18)12(8-9-22-7)17-14(19)21-11-16(4,5)6/h12H,8-11H2,1-7H3,(H,17,19). The van der Waals surface area contributed by atoms with Crippen molar-refractivity contribution in [3.05, 3.63) is 0 Å². The minimum atomic E-state index is -0.665. The van der Waals surface area contributed by atoms with Crippen LogP contribution in [0.2, 0.25) is 0 Å². The number of ether oxygens (including phenoxy) is 2. The molecular formula is C16H31NO4S. The topological polar surface area (TPSA) is 64.6 Å². The molecule has 1 amide bonds. The maximum absolute atomic E-state index is 12.1. The predicted molar refractivity (Wildman–Crippen MR) is 91.1 cm³/mol. The van der Waals surface area contributed by atoms with Crippen molar-refractivity contribution in [1.29, 1.82) is 0 Å². The Kier molecular flexibility index (Phi) is 8.89. The summed E-state index contributed by atoms with van der Waals surface area (Å²) in [4.78, 5) is 24.0. The number of carbonyl (C=O) groups excluding carboxylic acids is 2. The molecule has 0 saturated heterocycles. The van der Waals surface area contributed by atoms with E-state index in [1.54, 1.807) is 11.8 Å². The predicted octanol–water partition coefficient (Wildman–Crippen LogP) is 3.47. The van der Waals surface area contributed by atoms with Crippen molar-refractivity contribution < 1.29 is 19.1 Å². The van der Waals surface area contributed by atoms with Gasteiger partial charge in [0.2, 0.25) is 0 Å². The van der Waals surface area contributed by atoms with E-state index in [1.165, 1.54) is 0 Å². The third-order valence-corrected chi connectivity index (χ3v) is 3.11. The first-order chi connectivity index (χ1) is 9.94. The molecular weight excluding hydrogens is 302 g/mol. The molecule has 130 valence electrons. The van der Waals surface area contributed by atoms with E-state index in [1.807, 2.05) is 47.8 Å². The average Bonchev–Trinajstić information content (AvgIpc) is 2.36. The Morgan fingerprint density at radius 3 is 1.95 bits per heavy atom. The summed E-state index contributed by atoms with van der Waals surface area (Å²) in [5.41, 5.74) is -0.217. The highest BCUT2D eigenvalue weighted by atomic mass is 32.2. The molecule has 1 atom stereocenters. The van der Waals surface area contributed by atoms with Gasteiger partial charge in [-0.25, -0.2) is 9.59 Å². The van der Waals surface area contributed by atoms with Crippen LogP contribution in [-0.4, -0.2) is 43.3 Å². The van der Waals surface area contributed by atoms with Gasteiger partial charge >= 0.3 is 12.1 Å². The second-order valence-electron chi connectivity index (χ2n) is 7.78. The fourth-order valence-electron chi connectivity index (χ4n) is 1.34. The Labute approximate surface area is 138 Å². The van der Waals surface area contributed by atoms with Crippen molar-refractivity contribution in [2.45, 2.75) is 54.0 Å². The highest BCUT2D eigenvalue weighted by Crippen LogP contribution is 2.15. The van der Waals surface area contributed by atoms with Crippen LogP contribution < -0.4 is 5.32 Å². The number of esters is 1. The number of carbonyl (C=O) groups is 2. The van der Waals surface area contributed by atoms with Gasteiger partial charge < -0.3 is 14.8 Å². The van der Waals surface area contributed by atoms with Crippen molar-refractivity contribution >= 4 is 23.8 Å². The third kappa shape index (κ3) is 11.7. The summed E-state index contributed by atoms with van der Waals surface area (Å²) in [6.45, 7) is 12.5. The van der Waals surface area contributed by atoms with E-state index >= 15 is 0 Å². The molecule has 0 rings (SSSR count). The quantitative estimate of drug-likeness (QED) is 0.723. The average molecular weight is 333 g/mol. The smallest absolute Gasteiger partial charge is 0.407 e. The molecule has 6 heteroatoms. The summed E-state index contributed by atoms with van der Waals surface area (Å²) in [5, 5.41) is 2.61. The van der Waals surface area contributed by atoms with Crippen LogP contribution in [0.25, 0.3) is 0 Å². The van der Waals surface area contributed by atoms with Gasteiger partial charge in [0, 0.05) is 0 Å². The van der Waals surface area contributed by atoms with Gasteiger partial charge in [-0.1, -0.05) is 41.5 Å². The van der Waals surface area contributed by atoms with Crippen LogP contribution in [0.4, 0.5) is 4.79 Å². The van der Waals surface area contributed by atoms with Gasteiger partial charge in [0.15, 0.2) is 0 Å². The Hall–Kier alpha value is -0.910. The van der Waals surface area contributed by atoms with Crippen LogP contribution in [0.5, 0.6) is 0 Å². The maximum Gasteiger partial charge on any atom is 0.407 e. The lowest BCUT2D eigenvalue weighted by Crippen LogP contribution is -2.43. The van der Waals surface area contributed by atoms with Gasteiger partial charge in [0.25, 0.3) is 0 Å². The van der Waals surface area contributed by atoms with Crippen LogP contribution in [0.3, 0.4) is 0 Å². The molecule has 22 heavy (non-hydrogen) atoms. The summed E-state index contributed by atoms with van der Waals surface area (Å²) in [7, 11) is 0. The number of thioether (sulfide) groups is 1. The van der Waals surface area contributed by atoms with Crippen LogP contribution in [0.15, 0.2) is 0 Å². The summed E-state index contributed by atoms with van der Waals surface area (Å²) in [6.07, 6.45) is 1.90. The first kappa shape index (κ1) is 21.1. The van der Waals surface area contributed by atoms with Crippen LogP contribution in [0.1, 0.15) is 48.0 Å². The lowest BCUT2D eigenvalue weighted by atomic mass is 9.98. The molecule has 1 N–H and O–H groups in total. The SMILES string of the molecule is CSCCC(NC(=O)OCC(C)(C)C)C(=O)OCC(C)(C)C. The fraction of sp³-hybridized carbons (Fsp3) is 0.875. The normalized spacial score (nSPS) is 13.4. The monoisotopic (exact) mass is 333 g/mol. The molecule has 0 aromatic rings. The molecule has 0 saturated carbocycles. The first-order valence-corrected chi connectivity index (χ1v) is 8.93. The van der Waals surface area contributed by atoms with Gasteiger partial charge in [-0.15, -0.1) is 0 Å². The van der Waals surface area contributed by atoms with Gasteiger partial charge in [-0.2, -0.15) is 11.8 Å². The van der Waals surface area contributed by atoms with Crippen molar-refractivity contribution in [3.8, 4) is 0 Å². The van der Waals surface area contributed by atoms with Gasteiger partial charge in [-0.05, 0) is 29.3 Å². The Bertz CT molecular complexity index is 358. The number of rotatable bonds is 7. The van der Waals surface area contributed by atoms with Crippen molar-refractivity contribution in [2.24, 2.45) is 10.8 Å². The Morgan fingerprint density at radius 2 is 1.50 bits per heavy atom. The molecule has 0 heterocycles. The summed E-state index contributed by atoms with van der Waals surface area (Å²) < 4.78 is 10.4. The first-order valence-electron chi connectivity index (χ1n) is 7.53. The number of nitrogens with one attached hydrogen (secondary N) is 1. The van der Waals surface area contributed by atoms with E-state index in [-0.39, 0.29) is 10.8 Å². The van der Waals surface area contributed by atoms with E-state index in [0.29, 0.717) is 19.6 Å². The Balaban J connectivity index is 4.49. The zero-order chi connectivity index (χ0) is 17.4. The Morgan fingerprint density at radius 1 is 1.00 bits per heavy atom. The fourth-order valence-corrected chi connectivity index (χ4v) is 1.81. The van der Waals surface area contributed by atoms with E-state index in [2.05, 4.69) is 5.32 Å². The second-order valence-corrected chi connectivity index (χ2v) is 8.77. The van der Waals surface area contributed by atoms with Crippen molar-refractivity contribution in [3.63, 3.8) is 0 Å². The van der Waals surface area contributed by atoms with Crippen LogP contribution in [-0.2, 0) is 14.3 Å². The summed E-state index contributed by atoms with van der Waals surface area (Å²) in [6, 6.07) is -0.665. The lowest BCUT2D eigenvalue weighted by molar-refractivity contribution is -0.148. The third-order valence-electron chi connectivity index (χ3n) is 2.47. The number of hydrogen-bond donors (Lipinski definition) is 1. The molecule has 0 fully saturated rings. The van der Waals surface area contributed by atoms with Gasteiger partial charge in [0.05, 0.1) is 13.2 Å². The molecule has 0 aliphatic rings. The minimum absolute atomic E-state index is 0.105. The molecule has 0 aromatic heterocycles. The minimum Gasteiger partial charge on any atom is -0.464 e. The number of amides is 1. The van der Waals surface area contributed by atoms with E-state index in [9.17, 15) is 9.59 Å². The molecule has 0 radical (unpaired) electrons. The van der Waals surface area contributed by atoms with Crippen molar-refractivity contribution in [2.75, 3.05) is 25.2 Å². The lowest BCUT2D eigenvalue weighted by Gasteiger charge is -2.23. The molecule has 5 nitrogen and oxygen atoms in total. The summed E-state index contributed by atoms with van der Waals surface area (Å²) >= 11 is 1.62. The van der Waals surface area contributed by atoms with E-state index in [0.717, 1.165) is 5.75 Å². The highest BCUT2D eigenvalue weighted by molar-refractivity contribution is 7.98. The van der Waals surface area contributed by atoms with E-state index < -0.39 is 18.1 Å². The zero-order valence-corrected chi connectivity index (χ0v) is 15.8. The van der Waals surface area contributed by atoms with E-state index in [4.69, 9.17) is 9.47 Å². The maximum atomic E-state index is 12.1. The van der Waals surface area contributed by atoms with Crippen LogP contribution >= 0.6 is 11.8 Å². The second kappa shape index (κ2) is 9.28. The molecule has 0 aromatic carbocycles. The molecule has 0 spiro atoms. The van der Waals surface area contributed by atoms with Crippen LogP contribution in [0, 0.1) is 10.8 Å². The molecule has 0 bridgehead atoms. The zero-order valence-electron chi connectivity index (χ0n) is 14.9. The summed E-state index contributed by atoms with van der Waals surface area (Å²) in [5.74, 6) is 0.353. The highest BCUT2D eigenvalue weighted by Gasteiger charge is 2.25. The number of alkyl carbamates (subject to hydrolysis) is 1. The molecule has 0 aliphatic carbocycles. The largest absolute Gasteiger partial charge is 0.464 e.